The molecule has 2 aromatic rings. The van der Waals surface area contributed by atoms with Gasteiger partial charge < -0.3 is 39.4 Å². The lowest BCUT2D eigenvalue weighted by Crippen LogP contribution is -2.64. The van der Waals surface area contributed by atoms with Crippen molar-refractivity contribution in [2.45, 2.75) is 82.5 Å². The number of rotatable bonds is 8. The van der Waals surface area contributed by atoms with Crippen molar-refractivity contribution in [1.29, 1.82) is 0 Å². The molecule has 0 radical (unpaired) electrons. The summed E-state index contributed by atoms with van der Waals surface area (Å²) in [6.45, 7) is 5.84. The second-order valence-electron chi connectivity index (χ2n) is 12.9. The van der Waals surface area contributed by atoms with Gasteiger partial charge in [0.05, 0.1) is 31.8 Å². The number of fused-ring (bicyclic) bond motifs is 3. The average molecular weight is 626 g/mol. The first-order valence-corrected chi connectivity index (χ1v) is 15.3. The number of nitrogens with zero attached hydrogens (tertiary/aromatic N) is 2. The summed E-state index contributed by atoms with van der Waals surface area (Å²) in [4.78, 5) is 42.6. The van der Waals surface area contributed by atoms with Gasteiger partial charge in [-0.2, -0.15) is 0 Å². The maximum atomic E-state index is 13.3. The van der Waals surface area contributed by atoms with Crippen LogP contribution < -0.4 is 10.1 Å². The maximum absolute atomic E-state index is 13.3. The van der Waals surface area contributed by atoms with Gasteiger partial charge in [0.2, 0.25) is 0 Å². The van der Waals surface area contributed by atoms with E-state index in [1.54, 1.807) is 63.2 Å². The molecule has 12 nitrogen and oxygen atoms in total. The first-order chi connectivity index (χ1) is 21.4. The topological polar surface area (TPSA) is 147 Å². The molecule has 0 saturated carbocycles. The number of morpholine rings is 1. The zero-order valence-corrected chi connectivity index (χ0v) is 26.3. The van der Waals surface area contributed by atoms with E-state index >= 15 is 0 Å². The molecule has 0 aromatic heterocycles. The van der Waals surface area contributed by atoms with E-state index in [0.717, 1.165) is 24.2 Å². The minimum absolute atomic E-state index is 0.0464. The molecule has 3 heterocycles. The van der Waals surface area contributed by atoms with Gasteiger partial charge in [0.15, 0.2) is 12.5 Å². The van der Waals surface area contributed by atoms with E-state index in [-0.39, 0.29) is 49.9 Å². The molecule has 12 heteroatoms. The molecular weight excluding hydrogens is 582 g/mol. The van der Waals surface area contributed by atoms with Crippen molar-refractivity contribution in [1.82, 2.24) is 15.1 Å². The summed E-state index contributed by atoms with van der Waals surface area (Å²) in [6, 6.07) is 11.7. The number of carbonyl (C=O) groups is 3. The summed E-state index contributed by atoms with van der Waals surface area (Å²) in [5.41, 5.74) is -0.736. The lowest BCUT2D eigenvalue weighted by molar-refractivity contribution is -0.177. The fourth-order valence-electron chi connectivity index (χ4n) is 6.19. The predicted octanol–water partition coefficient (Wildman–Crippen LogP) is 2.84. The molecule has 0 aliphatic carbocycles. The molecule has 2 saturated heterocycles. The van der Waals surface area contributed by atoms with E-state index in [4.69, 9.17) is 18.9 Å². The number of amides is 3. The molecule has 45 heavy (non-hydrogen) atoms. The van der Waals surface area contributed by atoms with Crippen LogP contribution in [0.4, 0.5) is 4.79 Å². The Morgan fingerprint density at radius 1 is 1.04 bits per heavy atom. The van der Waals surface area contributed by atoms with Crippen LogP contribution in [0.3, 0.4) is 0 Å². The van der Waals surface area contributed by atoms with Gasteiger partial charge in [-0.1, -0.05) is 6.07 Å². The summed E-state index contributed by atoms with van der Waals surface area (Å²) in [6.07, 6.45) is 0.428. The number of hydrogen-bond donors (Lipinski definition) is 3. The average Bonchev–Trinajstić information content (AvgIpc) is 3.00. The van der Waals surface area contributed by atoms with Crippen LogP contribution in [0, 0.1) is 0 Å². The predicted molar refractivity (Wildman–Crippen MR) is 163 cm³/mol. The molecule has 3 N–H and O–H groups in total. The molecule has 0 spiro atoms. The number of benzene rings is 2. The number of aliphatic hydroxyl groups is 2. The minimum Gasteiger partial charge on any atom is -0.468 e. The van der Waals surface area contributed by atoms with E-state index in [2.05, 4.69) is 5.32 Å². The van der Waals surface area contributed by atoms with Crippen LogP contribution in [0.15, 0.2) is 42.5 Å². The standard InChI is InChI=1S/C33H43N3O9/c1-32(2,3)45-31(40)35-17-24-14-27(44-20-42-4)13-12-23(24)15-33(35,41)28(37)16-34-29(38)21-8-10-22(11-9-21)30(39)36-25-6-5-7-26(36)19-43-18-25/h8-14,25-26,28,37,41H,5-7,15-20H2,1-4H3,(H,34,38)/t25?,26?,28-,33+/m1/s1. The van der Waals surface area contributed by atoms with E-state index in [0.29, 0.717) is 35.7 Å². The first-order valence-electron chi connectivity index (χ1n) is 15.3. The number of ether oxygens (including phenoxy) is 4. The summed E-state index contributed by atoms with van der Waals surface area (Å²) >= 11 is 0. The molecule has 2 unspecified atom stereocenters. The Balaban J connectivity index is 1.27. The summed E-state index contributed by atoms with van der Waals surface area (Å²) in [5.74, 6) is -0.0480. The highest BCUT2D eigenvalue weighted by molar-refractivity contribution is 5.98. The molecule has 5 rings (SSSR count). The fraction of sp³-hybridized carbons (Fsp3) is 0.545. The third-order valence-electron chi connectivity index (χ3n) is 8.48. The van der Waals surface area contributed by atoms with Crippen molar-refractivity contribution in [3.05, 3.63) is 64.7 Å². The van der Waals surface area contributed by atoms with Crippen molar-refractivity contribution < 1.29 is 43.5 Å². The quantitative estimate of drug-likeness (QED) is 0.377. The second kappa shape index (κ2) is 13.3. The summed E-state index contributed by atoms with van der Waals surface area (Å²) in [7, 11) is 1.51. The van der Waals surface area contributed by atoms with Crippen LogP contribution in [-0.4, -0.2) is 101 Å². The van der Waals surface area contributed by atoms with E-state index in [1.807, 2.05) is 4.90 Å². The number of nitrogens with one attached hydrogen (secondary N) is 1. The Kier molecular flexibility index (Phi) is 9.68. The molecule has 2 fully saturated rings. The summed E-state index contributed by atoms with van der Waals surface area (Å²) < 4.78 is 21.7. The van der Waals surface area contributed by atoms with Gasteiger partial charge in [0.25, 0.3) is 11.8 Å². The number of piperidine rings is 1. The van der Waals surface area contributed by atoms with Gasteiger partial charge in [0.1, 0.15) is 17.5 Å². The van der Waals surface area contributed by atoms with E-state index in [9.17, 15) is 24.6 Å². The third-order valence-corrected chi connectivity index (χ3v) is 8.48. The van der Waals surface area contributed by atoms with Crippen molar-refractivity contribution in [2.24, 2.45) is 0 Å². The van der Waals surface area contributed by atoms with Crippen LogP contribution in [0.2, 0.25) is 0 Å². The number of aliphatic hydroxyl groups excluding tert-OH is 1. The minimum atomic E-state index is -2.08. The maximum Gasteiger partial charge on any atom is 0.412 e. The van der Waals surface area contributed by atoms with Crippen molar-refractivity contribution >= 4 is 17.9 Å². The molecule has 3 amide bonds. The highest BCUT2D eigenvalue weighted by Crippen LogP contribution is 2.35. The number of carbonyl (C=O) groups excluding carboxylic acids is 3. The van der Waals surface area contributed by atoms with Crippen LogP contribution in [0.5, 0.6) is 5.75 Å². The van der Waals surface area contributed by atoms with E-state index in [1.165, 1.54) is 7.11 Å². The Hall–Kier alpha value is -3.71. The molecular formula is C33H43N3O9. The van der Waals surface area contributed by atoms with Crippen LogP contribution in [0.1, 0.15) is 71.9 Å². The highest BCUT2D eigenvalue weighted by Gasteiger charge is 2.49. The van der Waals surface area contributed by atoms with Gasteiger partial charge in [-0.3, -0.25) is 14.5 Å². The van der Waals surface area contributed by atoms with Gasteiger partial charge in [-0.25, -0.2) is 4.79 Å². The Morgan fingerprint density at radius 3 is 2.36 bits per heavy atom. The van der Waals surface area contributed by atoms with Crippen LogP contribution in [-0.2, 0) is 27.2 Å². The lowest BCUT2D eigenvalue weighted by atomic mass is 9.87. The van der Waals surface area contributed by atoms with Crippen LogP contribution >= 0.6 is 0 Å². The Bertz CT molecular complexity index is 1370. The number of methoxy groups -OCH3 is 1. The largest absolute Gasteiger partial charge is 0.468 e. The molecule has 2 aromatic carbocycles. The molecule has 4 atom stereocenters. The van der Waals surface area contributed by atoms with Gasteiger partial charge in [0, 0.05) is 31.2 Å². The Labute approximate surface area is 263 Å². The second-order valence-corrected chi connectivity index (χ2v) is 12.9. The van der Waals surface area contributed by atoms with Gasteiger partial charge in [-0.05, 0) is 87.6 Å². The van der Waals surface area contributed by atoms with Crippen molar-refractivity contribution in [3.8, 4) is 5.75 Å². The van der Waals surface area contributed by atoms with Gasteiger partial charge in [-0.15, -0.1) is 0 Å². The van der Waals surface area contributed by atoms with Crippen molar-refractivity contribution in [2.75, 3.05) is 33.7 Å². The normalized spacial score (nSPS) is 23.5. The third kappa shape index (κ3) is 7.25. The number of hydrogen-bond acceptors (Lipinski definition) is 9. The zero-order chi connectivity index (χ0) is 32.4. The molecule has 3 aliphatic heterocycles. The fourth-order valence-corrected chi connectivity index (χ4v) is 6.19. The zero-order valence-electron chi connectivity index (χ0n) is 26.3. The molecule has 3 aliphatic rings. The van der Waals surface area contributed by atoms with E-state index < -0.39 is 29.4 Å². The smallest absolute Gasteiger partial charge is 0.412 e. The lowest BCUT2D eigenvalue weighted by Gasteiger charge is -2.46. The molecule has 2 bridgehead atoms. The monoisotopic (exact) mass is 625 g/mol. The summed E-state index contributed by atoms with van der Waals surface area (Å²) in [5, 5.41) is 25.7. The first kappa shape index (κ1) is 32.7. The Morgan fingerprint density at radius 2 is 1.71 bits per heavy atom. The SMILES string of the molecule is COCOc1ccc2c(c1)CN(C(=O)OC(C)(C)C)[C@@](O)([C@H](O)CNC(=O)c1ccc(C(=O)N3C4CCCC3COC4)cc1)C2. The van der Waals surface area contributed by atoms with Crippen molar-refractivity contribution in [3.63, 3.8) is 0 Å². The van der Waals surface area contributed by atoms with Crippen LogP contribution in [0.25, 0.3) is 0 Å². The molecule has 244 valence electrons. The highest BCUT2D eigenvalue weighted by atomic mass is 16.7. The van der Waals surface area contributed by atoms with Gasteiger partial charge >= 0.3 is 6.09 Å².